The van der Waals surface area contributed by atoms with Crippen LogP contribution < -0.4 is 10.9 Å². The fourth-order valence-electron chi connectivity index (χ4n) is 2.77. The van der Waals surface area contributed by atoms with Crippen LogP contribution in [-0.2, 0) is 0 Å². The average molecular weight is 271 g/mol. The minimum atomic E-state index is -0.247. The molecule has 2 aromatic rings. The Hall–Kier alpha value is -2.30. The first-order valence-electron chi connectivity index (χ1n) is 6.89. The number of anilines is 2. The van der Waals surface area contributed by atoms with Crippen molar-refractivity contribution in [3.05, 3.63) is 46.2 Å². The molecule has 0 aliphatic heterocycles. The van der Waals surface area contributed by atoms with Gasteiger partial charge in [0.25, 0.3) is 5.56 Å². The number of nitrogens with zero attached hydrogens (tertiary/aromatic N) is 1. The van der Waals surface area contributed by atoms with Gasteiger partial charge in [-0.05, 0) is 30.9 Å². The minimum absolute atomic E-state index is 0.136. The van der Waals surface area contributed by atoms with Gasteiger partial charge in [-0.3, -0.25) is 9.78 Å². The highest BCUT2D eigenvalue weighted by atomic mass is 16.3. The van der Waals surface area contributed by atoms with Crippen LogP contribution in [0.1, 0.15) is 37.2 Å². The van der Waals surface area contributed by atoms with Crippen molar-refractivity contribution < 1.29 is 5.11 Å². The maximum atomic E-state index is 12.1. The molecule has 104 valence electrons. The van der Waals surface area contributed by atoms with Crippen molar-refractivity contribution in [2.75, 3.05) is 5.32 Å². The summed E-state index contributed by atoms with van der Waals surface area (Å²) < 4.78 is 0. The predicted octanol–water partition coefficient (Wildman–Crippen LogP) is 2.88. The van der Waals surface area contributed by atoms with Crippen LogP contribution in [0.5, 0.6) is 5.88 Å². The molecule has 0 atom stereocenters. The van der Waals surface area contributed by atoms with Crippen LogP contribution in [0, 0.1) is 0 Å². The van der Waals surface area contributed by atoms with E-state index in [-0.39, 0.29) is 23.3 Å². The maximum absolute atomic E-state index is 12.1. The normalized spacial score (nSPS) is 15.4. The minimum Gasteiger partial charge on any atom is -0.493 e. The second-order valence-electron chi connectivity index (χ2n) is 5.12. The summed E-state index contributed by atoms with van der Waals surface area (Å²) in [4.78, 5) is 18.9. The van der Waals surface area contributed by atoms with Gasteiger partial charge in [0, 0.05) is 5.69 Å². The largest absolute Gasteiger partial charge is 0.493 e. The standard InChI is InChI=1S/C15H17N3O2/c19-13-12(10-6-4-5-7-10)14(20)18-15(17-13)16-11-8-2-1-3-9-11/h1-3,8-10H,4-7H2,(H3,16,17,18,19,20). The zero-order valence-electron chi connectivity index (χ0n) is 11.1. The molecule has 1 aliphatic carbocycles. The summed E-state index contributed by atoms with van der Waals surface area (Å²) in [6, 6.07) is 9.40. The molecule has 0 radical (unpaired) electrons. The van der Waals surface area contributed by atoms with Crippen LogP contribution >= 0.6 is 0 Å². The summed E-state index contributed by atoms with van der Waals surface area (Å²) in [5.74, 6) is 0.247. The third kappa shape index (κ3) is 2.52. The molecule has 1 aromatic heterocycles. The van der Waals surface area contributed by atoms with Gasteiger partial charge in [0.2, 0.25) is 11.8 Å². The molecule has 0 unspecified atom stereocenters. The number of benzene rings is 1. The van der Waals surface area contributed by atoms with E-state index in [1.165, 1.54) is 0 Å². The molecule has 1 heterocycles. The van der Waals surface area contributed by atoms with E-state index in [0.29, 0.717) is 5.56 Å². The lowest BCUT2D eigenvalue weighted by Crippen LogP contribution is -2.18. The van der Waals surface area contributed by atoms with E-state index in [9.17, 15) is 9.90 Å². The van der Waals surface area contributed by atoms with E-state index in [1.54, 1.807) is 0 Å². The van der Waals surface area contributed by atoms with Crippen LogP contribution in [0.15, 0.2) is 35.1 Å². The third-order valence-corrected chi connectivity index (χ3v) is 3.74. The van der Waals surface area contributed by atoms with Gasteiger partial charge in [0.15, 0.2) is 0 Å². The fraction of sp³-hybridized carbons (Fsp3) is 0.333. The van der Waals surface area contributed by atoms with E-state index in [4.69, 9.17) is 0 Å². The molecule has 5 heteroatoms. The molecule has 0 bridgehead atoms. The summed E-state index contributed by atoms with van der Waals surface area (Å²) in [6.45, 7) is 0. The Morgan fingerprint density at radius 3 is 2.55 bits per heavy atom. The zero-order valence-corrected chi connectivity index (χ0v) is 11.1. The van der Waals surface area contributed by atoms with Crippen molar-refractivity contribution in [2.24, 2.45) is 0 Å². The van der Waals surface area contributed by atoms with Gasteiger partial charge in [0.1, 0.15) is 0 Å². The second-order valence-corrected chi connectivity index (χ2v) is 5.12. The lowest BCUT2D eigenvalue weighted by Gasteiger charge is -2.11. The van der Waals surface area contributed by atoms with Crippen LogP contribution in [0.4, 0.5) is 11.6 Å². The number of aromatic amines is 1. The molecule has 20 heavy (non-hydrogen) atoms. The molecule has 0 saturated heterocycles. The van der Waals surface area contributed by atoms with Crippen LogP contribution in [0.2, 0.25) is 0 Å². The monoisotopic (exact) mass is 271 g/mol. The van der Waals surface area contributed by atoms with Gasteiger partial charge in [0.05, 0.1) is 5.56 Å². The quantitative estimate of drug-likeness (QED) is 0.802. The Balaban J connectivity index is 1.90. The highest BCUT2D eigenvalue weighted by Gasteiger charge is 2.24. The number of nitrogens with one attached hydrogen (secondary N) is 2. The maximum Gasteiger partial charge on any atom is 0.259 e. The van der Waals surface area contributed by atoms with Crippen molar-refractivity contribution >= 4 is 11.6 Å². The summed E-state index contributed by atoms with van der Waals surface area (Å²) in [5, 5.41) is 13.0. The molecule has 3 rings (SSSR count). The first-order valence-corrected chi connectivity index (χ1v) is 6.89. The number of H-pyrrole nitrogens is 1. The van der Waals surface area contributed by atoms with E-state index >= 15 is 0 Å². The number of para-hydroxylation sites is 1. The van der Waals surface area contributed by atoms with E-state index in [0.717, 1.165) is 31.4 Å². The molecule has 1 aliphatic rings. The van der Waals surface area contributed by atoms with Crippen LogP contribution in [0.25, 0.3) is 0 Å². The molecule has 0 amide bonds. The van der Waals surface area contributed by atoms with Gasteiger partial charge < -0.3 is 10.4 Å². The van der Waals surface area contributed by atoms with Crippen molar-refractivity contribution in [2.45, 2.75) is 31.6 Å². The molecule has 1 aromatic carbocycles. The molecule has 5 nitrogen and oxygen atoms in total. The fourth-order valence-corrected chi connectivity index (χ4v) is 2.77. The topological polar surface area (TPSA) is 78.0 Å². The van der Waals surface area contributed by atoms with E-state index < -0.39 is 0 Å². The number of rotatable bonds is 3. The van der Waals surface area contributed by atoms with Crippen molar-refractivity contribution in [1.29, 1.82) is 0 Å². The van der Waals surface area contributed by atoms with E-state index in [2.05, 4.69) is 15.3 Å². The number of aromatic hydroxyl groups is 1. The van der Waals surface area contributed by atoms with Gasteiger partial charge in [-0.2, -0.15) is 4.98 Å². The SMILES string of the molecule is O=c1[nH]c(Nc2ccccc2)nc(O)c1C1CCCC1. The number of aromatic nitrogens is 2. The molecule has 1 fully saturated rings. The van der Waals surface area contributed by atoms with Gasteiger partial charge in [-0.1, -0.05) is 31.0 Å². The first-order chi connectivity index (χ1) is 9.74. The number of hydrogen-bond donors (Lipinski definition) is 3. The van der Waals surface area contributed by atoms with Crippen molar-refractivity contribution in [3.8, 4) is 5.88 Å². The Morgan fingerprint density at radius 1 is 1.20 bits per heavy atom. The van der Waals surface area contributed by atoms with Crippen LogP contribution in [-0.4, -0.2) is 15.1 Å². The lowest BCUT2D eigenvalue weighted by molar-refractivity contribution is 0.436. The number of hydrogen-bond acceptors (Lipinski definition) is 4. The summed E-state index contributed by atoms with van der Waals surface area (Å²) >= 11 is 0. The molecule has 1 saturated carbocycles. The van der Waals surface area contributed by atoms with Crippen molar-refractivity contribution in [3.63, 3.8) is 0 Å². The Bertz CT molecular complexity index is 646. The zero-order chi connectivity index (χ0) is 13.9. The van der Waals surface area contributed by atoms with Gasteiger partial charge >= 0.3 is 0 Å². The average Bonchev–Trinajstić information content (AvgIpc) is 2.93. The molecule has 0 spiro atoms. The molecular weight excluding hydrogens is 254 g/mol. The molecular formula is C15H17N3O2. The smallest absolute Gasteiger partial charge is 0.259 e. The molecule has 3 N–H and O–H groups in total. The summed E-state index contributed by atoms with van der Waals surface area (Å²) in [6.07, 6.45) is 4.11. The predicted molar refractivity (Wildman–Crippen MR) is 77.5 cm³/mol. The van der Waals surface area contributed by atoms with Gasteiger partial charge in [-0.25, -0.2) is 0 Å². The highest BCUT2D eigenvalue weighted by Crippen LogP contribution is 2.35. The Kier molecular flexibility index (Phi) is 3.41. The second kappa shape index (κ2) is 5.36. The Morgan fingerprint density at radius 2 is 1.90 bits per heavy atom. The van der Waals surface area contributed by atoms with Gasteiger partial charge in [-0.15, -0.1) is 0 Å². The summed E-state index contributed by atoms with van der Waals surface area (Å²) in [7, 11) is 0. The van der Waals surface area contributed by atoms with Crippen LogP contribution in [0.3, 0.4) is 0 Å². The lowest BCUT2D eigenvalue weighted by atomic mass is 10.0. The Labute approximate surface area is 116 Å². The van der Waals surface area contributed by atoms with Crippen molar-refractivity contribution in [1.82, 2.24) is 9.97 Å². The third-order valence-electron chi connectivity index (χ3n) is 3.74. The summed E-state index contributed by atoms with van der Waals surface area (Å²) in [5.41, 5.74) is 0.993. The van der Waals surface area contributed by atoms with E-state index in [1.807, 2.05) is 30.3 Å². The highest BCUT2D eigenvalue weighted by molar-refractivity contribution is 5.53. The first kappa shape index (κ1) is 12.7.